The van der Waals surface area contributed by atoms with Crippen LogP contribution in [0.2, 0.25) is 5.02 Å². The highest BCUT2D eigenvalue weighted by molar-refractivity contribution is 14.1. The van der Waals surface area contributed by atoms with Crippen molar-refractivity contribution in [1.29, 1.82) is 0 Å². The predicted molar refractivity (Wildman–Crippen MR) is 89.2 cm³/mol. The molecule has 1 atom stereocenters. The van der Waals surface area contributed by atoms with Crippen LogP contribution >= 0.6 is 34.2 Å². The number of piperazine rings is 1. The van der Waals surface area contributed by atoms with Crippen LogP contribution in [0.25, 0.3) is 11.4 Å². The molecule has 1 unspecified atom stereocenters. The first kappa shape index (κ1) is 14.1. The van der Waals surface area contributed by atoms with Gasteiger partial charge in [-0.3, -0.25) is 5.10 Å². The molecule has 7 heteroatoms. The summed E-state index contributed by atoms with van der Waals surface area (Å²) in [6, 6.07) is 6.22. The number of aromatic amines is 1. The summed E-state index contributed by atoms with van der Waals surface area (Å²) in [7, 11) is 0. The van der Waals surface area contributed by atoms with Gasteiger partial charge in [0.1, 0.15) is 0 Å². The van der Waals surface area contributed by atoms with E-state index in [1.54, 1.807) is 0 Å². The van der Waals surface area contributed by atoms with E-state index in [-0.39, 0.29) is 0 Å². The molecule has 1 aliphatic rings. The normalized spacial score (nSPS) is 19.4. The fourth-order valence-corrected chi connectivity index (χ4v) is 3.07. The number of benzene rings is 1. The van der Waals surface area contributed by atoms with E-state index in [4.69, 9.17) is 11.6 Å². The van der Waals surface area contributed by atoms with Gasteiger partial charge in [0.2, 0.25) is 5.95 Å². The Morgan fingerprint density at radius 2 is 2.30 bits per heavy atom. The Balaban J connectivity index is 1.88. The second kappa shape index (κ2) is 5.87. The van der Waals surface area contributed by atoms with Gasteiger partial charge in [-0.05, 0) is 47.7 Å². The van der Waals surface area contributed by atoms with Gasteiger partial charge in [-0.15, -0.1) is 5.10 Å². The van der Waals surface area contributed by atoms with Gasteiger partial charge in [0.25, 0.3) is 0 Å². The van der Waals surface area contributed by atoms with Crippen molar-refractivity contribution in [3.63, 3.8) is 0 Å². The van der Waals surface area contributed by atoms with Crippen LogP contribution in [0.1, 0.15) is 6.92 Å². The van der Waals surface area contributed by atoms with Gasteiger partial charge in [0, 0.05) is 39.8 Å². The molecule has 106 valence electrons. The van der Waals surface area contributed by atoms with Crippen LogP contribution in [0, 0.1) is 3.57 Å². The minimum atomic E-state index is 0.456. The molecule has 1 aromatic heterocycles. The molecule has 0 aliphatic carbocycles. The maximum atomic E-state index is 6.06. The number of rotatable bonds is 2. The lowest BCUT2D eigenvalue weighted by atomic mass is 10.2. The molecule has 3 rings (SSSR count). The van der Waals surface area contributed by atoms with E-state index < -0.39 is 0 Å². The molecule has 1 aromatic carbocycles. The predicted octanol–water partition coefficient (Wildman–Crippen LogP) is 2.53. The molecule has 0 saturated carbocycles. The minimum absolute atomic E-state index is 0.456. The Morgan fingerprint density at radius 1 is 1.45 bits per heavy atom. The second-order valence-electron chi connectivity index (χ2n) is 4.91. The van der Waals surface area contributed by atoms with E-state index in [0.717, 1.165) is 40.5 Å². The van der Waals surface area contributed by atoms with Gasteiger partial charge in [0.15, 0.2) is 5.82 Å². The third-order valence-corrected chi connectivity index (χ3v) is 4.48. The van der Waals surface area contributed by atoms with Gasteiger partial charge in [0.05, 0.1) is 0 Å². The lowest BCUT2D eigenvalue weighted by Crippen LogP contribution is -2.49. The number of hydrogen-bond donors (Lipinski definition) is 2. The Morgan fingerprint density at radius 3 is 3.10 bits per heavy atom. The first-order valence-corrected chi connectivity index (χ1v) is 7.95. The molecule has 2 N–H and O–H groups in total. The Labute approximate surface area is 136 Å². The molecule has 0 spiro atoms. The Bertz CT molecular complexity index is 615. The maximum Gasteiger partial charge on any atom is 0.245 e. The lowest BCUT2D eigenvalue weighted by molar-refractivity contribution is 0.480. The monoisotopic (exact) mass is 403 g/mol. The molecule has 0 bridgehead atoms. The summed E-state index contributed by atoms with van der Waals surface area (Å²) in [5.74, 6) is 1.52. The van der Waals surface area contributed by atoms with E-state index in [2.05, 4.69) is 54.9 Å². The SMILES string of the molecule is CC1CN(c2n[nH]c(-c3cc(Cl)ccc3I)n2)CCN1. The quantitative estimate of drug-likeness (QED) is 0.757. The summed E-state index contributed by atoms with van der Waals surface area (Å²) in [6.45, 7) is 4.97. The molecule has 20 heavy (non-hydrogen) atoms. The highest BCUT2D eigenvalue weighted by atomic mass is 127. The zero-order valence-corrected chi connectivity index (χ0v) is 13.9. The standard InChI is InChI=1S/C13H15ClIN5/c1-8-7-20(5-4-16-8)13-17-12(18-19-13)10-6-9(14)2-3-11(10)15/h2-3,6,8,16H,4-5,7H2,1H3,(H,17,18,19). The third kappa shape index (κ3) is 2.91. The Hall–Kier alpha value is -0.860. The summed E-state index contributed by atoms with van der Waals surface area (Å²) >= 11 is 8.33. The number of hydrogen-bond acceptors (Lipinski definition) is 4. The van der Waals surface area contributed by atoms with Gasteiger partial charge in [-0.1, -0.05) is 11.6 Å². The average Bonchev–Trinajstić information content (AvgIpc) is 2.91. The molecule has 2 heterocycles. The van der Waals surface area contributed by atoms with Crippen LogP contribution in [0.3, 0.4) is 0 Å². The van der Waals surface area contributed by atoms with Gasteiger partial charge in [-0.2, -0.15) is 4.98 Å². The van der Waals surface area contributed by atoms with Crippen LogP contribution < -0.4 is 10.2 Å². The summed E-state index contributed by atoms with van der Waals surface area (Å²) in [4.78, 5) is 6.80. The largest absolute Gasteiger partial charge is 0.337 e. The van der Waals surface area contributed by atoms with Crippen molar-refractivity contribution < 1.29 is 0 Å². The first-order chi connectivity index (χ1) is 9.63. The molecular formula is C13H15ClIN5. The fourth-order valence-electron chi connectivity index (χ4n) is 2.31. The molecule has 2 aromatic rings. The number of halogens is 2. The van der Waals surface area contributed by atoms with Gasteiger partial charge >= 0.3 is 0 Å². The van der Waals surface area contributed by atoms with Crippen LogP contribution in [0.5, 0.6) is 0 Å². The molecule has 1 saturated heterocycles. The molecule has 5 nitrogen and oxygen atoms in total. The third-order valence-electron chi connectivity index (χ3n) is 3.31. The van der Waals surface area contributed by atoms with Crippen molar-refractivity contribution in [2.24, 2.45) is 0 Å². The van der Waals surface area contributed by atoms with E-state index >= 15 is 0 Å². The van der Waals surface area contributed by atoms with Crippen LogP contribution in [0.4, 0.5) is 5.95 Å². The number of aromatic nitrogens is 3. The van der Waals surface area contributed by atoms with Crippen LogP contribution in [-0.2, 0) is 0 Å². The summed E-state index contributed by atoms with van der Waals surface area (Å²) < 4.78 is 1.10. The van der Waals surface area contributed by atoms with E-state index in [1.165, 1.54) is 0 Å². The van der Waals surface area contributed by atoms with Crippen molar-refractivity contribution in [2.45, 2.75) is 13.0 Å². The molecule has 0 radical (unpaired) electrons. The molecular weight excluding hydrogens is 389 g/mol. The lowest BCUT2D eigenvalue weighted by Gasteiger charge is -2.30. The van der Waals surface area contributed by atoms with E-state index in [0.29, 0.717) is 11.1 Å². The van der Waals surface area contributed by atoms with Crippen molar-refractivity contribution in [1.82, 2.24) is 20.5 Å². The summed E-state index contributed by atoms with van der Waals surface area (Å²) in [6.07, 6.45) is 0. The van der Waals surface area contributed by atoms with Crippen molar-refractivity contribution >= 4 is 40.1 Å². The number of anilines is 1. The Kier molecular flexibility index (Phi) is 4.13. The summed E-state index contributed by atoms with van der Waals surface area (Å²) in [5.41, 5.74) is 0.986. The zero-order chi connectivity index (χ0) is 14.1. The number of nitrogens with zero attached hydrogens (tertiary/aromatic N) is 3. The average molecular weight is 404 g/mol. The number of nitrogens with one attached hydrogen (secondary N) is 2. The maximum absolute atomic E-state index is 6.06. The van der Waals surface area contributed by atoms with E-state index in [9.17, 15) is 0 Å². The highest BCUT2D eigenvalue weighted by Gasteiger charge is 2.20. The van der Waals surface area contributed by atoms with Gasteiger partial charge < -0.3 is 10.2 Å². The zero-order valence-electron chi connectivity index (χ0n) is 11.0. The molecule has 1 fully saturated rings. The molecule has 0 amide bonds. The minimum Gasteiger partial charge on any atom is -0.337 e. The van der Waals surface area contributed by atoms with E-state index in [1.807, 2.05) is 18.2 Å². The second-order valence-corrected chi connectivity index (χ2v) is 6.51. The number of H-pyrrole nitrogens is 1. The van der Waals surface area contributed by atoms with Crippen LogP contribution in [-0.4, -0.2) is 40.9 Å². The summed E-state index contributed by atoms with van der Waals surface area (Å²) in [5, 5.41) is 11.5. The topological polar surface area (TPSA) is 56.8 Å². The van der Waals surface area contributed by atoms with Crippen molar-refractivity contribution in [2.75, 3.05) is 24.5 Å². The first-order valence-electron chi connectivity index (χ1n) is 6.49. The van der Waals surface area contributed by atoms with Crippen molar-refractivity contribution in [3.8, 4) is 11.4 Å². The molecule has 1 aliphatic heterocycles. The van der Waals surface area contributed by atoms with Crippen molar-refractivity contribution in [3.05, 3.63) is 26.8 Å². The smallest absolute Gasteiger partial charge is 0.245 e. The fraction of sp³-hybridized carbons (Fsp3) is 0.385. The van der Waals surface area contributed by atoms with Crippen LogP contribution in [0.15, 0.2) is 18.2 Å². The highest BCUT2D eigenvalue weighted by Crippen LogP contribution is 2.26. The van der Waals surface area contributed by atoms with Gasteiger partial charge in [-0.25, -0.2) is 0 Å².